The summed E-state index contributed by atoms with van der Waals surface area (Å²) in [4.78, 5) is 56.1. The van der Waals surface area contributed by atoms with E-state index >= 15 is 0 Å². The number of fused-ring (bicyclic) bond motifs is 6. The molecule has 0 radical (unpaired) electrons. The number of benzene rings is 2. The van der Waals surface area contributed by atoms with E-state index in [0.717, 1.165) is 38.4 Å². The topological polar surface area (TPSA) is 122 Å². The highest BCUT2D eigenvalue weighted by atomic mass is 16.1. The number of ketones is 2. The van der Waals surface area contributed by atoms with Crippen LogP contribution in [0.25, 0.3) is 23.3 Å². The van der Waals surface area contributed by atoms with E-state index in [1.54, 1.807) is 24.5 Å². The molecule has 9 heteroatoms. The predicted octanol–water partition coefficient (Wildman–Crippen LogP) is 2.36. The standard InChI is InChI=1S/C33H28N6O3/c1-19-13-25-24-15-29(40)23-6-4-3-5-21(23)22(24)7-8-26(25)33(2,30(19)41)39-18-38(28-16-35-17-37-32(28)39)12-10-20-9-11-36-27(14-20)31(34)42/h3-9,11,13-17,19H,10,12,18H2,1-2H3,(H2,34,42). The zero-order chi connectivity index (χ0) is 29.2. The van der Waals surface area contributed by atoms with Crippen LogP contribution in [0.3, 0.4) is 0 Å². The molecule has 2 N–H and O–H groups in total. The van der Waals surface area contributed by atoms with Gasteiger partial charge in [0.25, 0.3) is 5.91 Å². The molecule has 2 atom stereocenters. The van der Waals surface area contributed by atoms with Crippen LogP contribution in [0.2, 0.25) is 0 Å². The molecule has 0 spiro atoms. The number of hydrogen-bond donors (Lipinski definition) is 1. The van der Waals surface area contributed by atoms with Gasteiger partial charge in [-0.15, -0.1) is 0 Å². The van der Waals surface area contributed by atoms with Crippen molar-refractivity contribution in [2.45, 2.75) is 25.8 Å². The molecule has 0 fully saturated rings. The average molecular weight is 557 g/mol. The number of pyridine rings is 1. The molecular formula is C33H28N6O3. The van der Waals surface area contributed by atoms with Crippen molar-refractivity contribution in [2.24, 2.45) is 11.7 Å². The maximum atomic E-state index is 14.2. The second kappa shape index (κ2) is 9.44. The predicted molar refractivity (Wildman–Crippen MR) is 159 cm³/mol. The van der Waals surface area contributed by atoms with Gasteiger partial charge >= 0.3 is 0 Å². The van der Waals surface area contributed by atoms with Crippen LogP contribution in [0.4, 0.5) is 11.5 Å². The second-order valence-electron chi connectivity index (χ2n) is 11.2. The van der Waals surface area contributed by atoms with Crippen molar-refractivity contribution in [1.82, 2.24) is 15.0 Å². The molecular weight excluding hydrogens is 528 g/mol. The van der Waals surface area contributed by atoms with Crippen molar-refractivity contribution in [3.05, 3.63) is 100 Å². The number of Topliss-reactive ketones (excluding diaryl/α,β-unsaturated/α-hetero) is 2. The van der Waals surface area contributed by atoms with Crippen molar-refractivity contribution in [2.75, 3.05) is 23.0 Å². The van der Waals surface area contributed by atoms with E-state index in [1.165, 1.54) is 6.33 Å². The van der Waals surface area contributed by atoms with E-state index in [0.29, 0.717) is 31.0 Å². The lowest BCUT2D eigenvalue weighted by molar-refractivity contribution is -0.126. The Labute approximate surface area is 242 Å². The fourth-order valence-electron chi connectivity index (χ4n) is 6.59. The molecule has 1 aliphatic heterocycles. The molecule has 3 aliphatic rings. The Hall–Kier alpha value is -5.18. The summed E-state index contributed by atoms with van der Waals surface area (Å²) in [6.07, 6.45) is 9.18. The van der Waals surface area contributed by atoms with Gasteiger partial charge in [-0.3, -0.25) is 19.4 Å². The Bertz CT molecular complexity index is 1950. The molecule has 3 heterocycles. The summed E-state index contributed by atoms with van der Waals surface area (Å²) in [6, 6.07) is 15.3. The largest absolute Gasteiger partial charge is 0.364 e. The van der Waals surface area contributed by atoms with Gasteiger partial charge in [-0.2, -0.15) is 0 Å². The monoisotopic (exact) mass is 556 g/mol. The Kier molecular flexibility index (Phi) is 5.79. The Morgan fingerprint density at radius 1 is 1.05 bits per heavy atom. The van der Waals surface area contributed by atoms with Gasteiger partial charge in [0.05, 0.1) is 12.9 Å². The maximum Gasteiger partial charge on any atom is 0.267 e. The number of carbonyl (C=O) groups is 3. The van der Waals surface area contributed by atoms with Crippen LogP contribution in [0, 0.1) is 5.92 Å². The highest BCUT2D eigenvalue weighted by Gasteiger charge is 2.49. The molecule has 1 amide bonds. The van der Waals surface area contributed by atoms with E-state index < -0.39 is 11.4 Å². The zero-order valence-corrected chi connectivity index (χ0v) is 23.2. The van der Waals surface area contributed by atoms with Gasteiger partial charge in [0.15, 0.2) is 17.4 Å². The number of aromatic nitrogens is 3. The summed E-state index contributed by atoms with van der Waals surface area (Å²) in [5.74, 6) is -0.244. The number of nitrogens with zero attached hydrogens (tertiary/aromatic N) is 5. The fraction of sp³-hybridized carbons (Fsp3) is 0.212. The van der Waals surface area contributed by atoms with Gasteiger partial charge in [0, 0.05) is 24.2 Å². The number of nitrogens with two attached hydrogens (primary N) is 1. The van der Waals surface area contributed by atoms with Crippen molar-refractivity contribution < 1.29 is 14.4 Å². The third kappa shape index (κ3) is 3.77. The number of amides is 1. The summed E-state index contributed by atoms with van der Waals surface area (Å²) in [5.41, 5.74) is 9.79. The van der Waals surface area contributed by atoms with Crippen LogP contribution in [0.1, 0.15) is 45.8 Å². The Morgan fingerprint density at radius 3 is 2.67 bits per heavy atom. The van der Waals surface area contributed by atoms with Gasteiger partial charge in [-0.1, -0.05) is 49.4 Å². The molecule has 208 valence electrons. The molecule has 2 unspecified atom stereocenters. The quantitative estimate of drug-likeness (QED) is 0.398. The van der Waals surface area contributed by atoms with E-state index in [9.17, 15) is 14.4 Å². The average Bonchev–Trinajstić information content (AvgIpc) is 3.38. The highest BCUT2D eigenvalue weighted by molar-refractivity contribution is 6.22. The number of anilines is 2. The third-order valence-electron chi connectivity index (χ3n) is 8.75. The molecule has 9 nitrogen and oxygen atoms in total. The fourth-order valence-corrected chi connectivity index (χ4v) is 6.59. The summed E-state index contributed by atoms with van der Waals surface area (Å²) in [6.45, 7) is 4.88. The number of hydrogen-bond acceptors (Lipinski definition) is 8. The normalized spacial score (nSPS) is 20.2. The lowest BCUT2D eigenvalue weighted by Crippen LogP contribution is -2.59. The molecule has 0 saturated carbocycles. The first-order chi connectivity index (χ1) is 20.3. The number of carbonyl (C=O) groups excluding carboxylic acids is 3. The first-order valence-corrected chi connectivity index (χ1v) is 13.9. The number of primary amides is 1. The molecule has 4 aromatic rings. The Morgan fingerprint density at radius 2 is 1.86 bits per heavy atom. The number of rotatable bonds is 5. The molecule has 2 aromatic carbocycles. The van der Waals surface area contributed by atoms with Crippen molar-refractivity contribution in [1.29, 1.82) is 0 Å². The SMILES string of the molecule is CC1C=c2c(ccc3c2=CC(=O)c2ccccc2-3)C(C)(N2CN(CCc3ccnc(C(N)=O)c3)c3cncnc32)C1=O. The maximum absolute atomic E-state index is 14.2. The van der Waals surface area contributed by atoms with Gasteiger partial charge < -0.3 is 15.5 Å². The van der Waals surface area contributed by atoms with E-state index in [-0.39, 0.29) is 23.2 Å². The summed E-state index contributed by atoms with van der Waals surface area (Å²) >= 11 is 0. The lowest BCUT2D eigenvalue weighted by Gasteiger charge is -2.42. The highest BCUT2D eigenvalue weighted by Crippen LogP contribution is 2.44. The summed E-state index contributed by atoms with van der Waals surface area (Å²) < 4.78 is 0. The van der Waals surface area contributed by atoms with Gasteiger partial charge in [0.1, 0.15) is 23.2 Å². The van der Waals surface area contributed by atoms with Crippen LogP contribution < -0.4 is 26.0 Å². The van der Waals surface area contributed by atoms with Crippen molar-refractivity contribution in [3.63, 3.8) is 0 Å². The molecule has 42 heavy (non-hydrogen) atoms. The van der Waals surface area contributed by atoms with E-state index in [1.807, 2.05) is 62.4 Å². The summed E-state index contributed by atoms with van der Waals surface area (Å²) in [7, 11) is 0. The minimum absolute atomic E-state index is 0.0350. The minimum atomic E-state index is -1.04. The first kappa shape index (κ1) is 25.8. The molecule has 2 aliphatic carbocycles. The van der Waals surface area contributed by atoms with Crippen molar-refractivity contribution >= 4 is 41.1 Å². The lowest BCUT2D eigenvalue weighted by atomic mass is 9.73. The summed E-state index contributed by atoms with van der Waals surface area (Å²) in [5, 5.41) is 1.76. The van der Waals surface area contributed by atoms with Crippen LogP contribution >= 0.6 is 0 Å². The van der Waals surface area contributed by atoms with Crippen LogP contribution in [-0.4, -0.2) is 45.6 Å². The third-order valence-corrected chi connectivity index (χ3v) is 8.75. The molecule has 0 bridgehead atoms. The van der Waals surface area contributed by atoms with Crippen molar-refractivity contribution in [3.8, 4) is 11.1 Å². The van der Waals surface area contributed by atoms with E-state index in [2.05, 4.69) is 24.8 Å². The molecule has 2 aromatic heterocycles. The van der Waals surface area contributed by atoms with Crippen LogP contribution in [0.5, 0.6) is 0 Å². The van der Waals surface area contributed by atoms with Crippen LogP contribution in [0.15, 0.2) is 67.3 Å². The smallest absolute Gasteiger partial charge is 0.267 e. The first-order valence-electron chi connectivity index (χ1n) is 13.9. The van der Waals surface area contributed by atoms with Gasteiger partial charge in [-0.05, 0) is 64.2 Å². The molecule has 0 saturated heterocycles. The van der Waals surface area contributed by atoms with Gasteiger partial charge in [0.2, 0.25) is 0 Å². The molecule has 7 rings (SSSR count). The zero-order valence-electron chi connectivity index (χ0n) is 23.2. The Balaban J connectivity index is 1.31. The van der Waals surface area contributed by atoms with Gasteiger partial charge in [-0.25, -0.2) is 9.97 Å². The van der Waals surface area contributed by atoms with E-state index in [4.69, 9.17) is 5.73 Å². The second-order valence-corrected chi connectivity index (χ2v) is 11.2. The minimum Gasteiger partial charge on any atom is -0.364 e. The van der Waals surface area contributed by atoms with Crippen LogP contribution in [-0.2, 0) is 16.8 Å².